The van der Waals surface area contributed by atoms with Gasteiger partial charge in [0.2, 0.25) is 5.91 Å². The average molecular weight is 409 g/mol. The molecule has 0 saturated heterocycles. The summed E-state index contributed by atoms with van der Waals surface area (Å²) < 4.78 is 20.5. The maximum Gasteiger partial charge on any atom is 0.312 e. The molecule has 144 valence electrons. The Bertz CT molecular complexity index is 827. The Morgan fingerprint density at radius 2 is 2.22 bits per heavy atom. The summed E-state index contributed by atoms with van der Waals surface area (Å²) in [6.07, 6.45) is -0.499. The number of alkyl halides is 1. The highest BCUT2D eigenvalue weighted by atomic mass is 32.2. The summed E-state index contributed by atoms with van der Waals surface area (Å²) in [4.78, 5) is 28.0. The predicted molar refractivity (Wildman–Crippen MR) is 103 cm³/mol. The molecule has 1 aromatic carbocycles. The van der Waals surface area contributed by atoms with Crippen LogP contribution in [-0.2, 0) is 27.2 Å². The molecule has 3 unspecified atom stereocenters. The molecular formula is C19H21FN2O3S2. The van der Waals surface area contributed by atoms with E-state index in [1.54, 1.807) is 5.38 Å². The van der Waals surface area contributed by atoms with Crippen molar-refractivity contribution >= 4 is 35.0 Å². The molecule has 3 atom stereocenters. The normalized spacial score (nSPS) is 19.9. The maximum absolute atomic E-state index is 14.4. The molecule has 0 bridgehead atoms. The zero-order valence-electron chi connectivity index (χ0n) is 14.9. The molecule has 1 aromatic heterocycles. The van der Waals surface area contributed by atoms with Crippen LogP contribution in [0.2, 0.25) is 0 Å². The molecule has 1 aliphatic rings. The summed E-state index contributed by atoms with van der Waals surface area (Å²) in [7, 11) is 0. The summed E-state index contributed by atoms with van der Waals surface area (Å²) in [6, 6.07) is 7.48. The van der Waals surface area contributed by atoms with Gasteiger partial charge in [-0.1, -0.05) is 43.0 Å². The summed E-state index contributed by atoms with van der Waals surface area (Å²) in [6.45, 7) is 1.88. The van der Waals surface area contributed by atoms with Gasteiger partial charge in [0.05, 0.1) is 17.4 Å². The van der Waals surface area contributed by atoms with Crippen molar-refractivity contribution < 1.29 is 18.7 Å². The van der Waals surface area contributed by atoms with Crippen LogP contribution in [0.4, 0.5) is 4.39 Å². The number of carbonyl (C=O) groups excluding carboxylic acids is 2. The van der Waals surface area contributed by atoms with Crippen molar-refractivity contribution in [3.05, 3.63) is 46.5 Å². The number of ether oxygens (including phenoxy) is 1. The first-order chi connectivity index (χ1) is 13.0. The fraction of sp³-hybridized carbons (Fsp3) is 0.421. The van der Waals surface area contributed by atoms with E-state index in [9.17, 15) is 14.0 Å². The second kappa shape index (κ2) is 8.84. The van der Waals surface area contributed by atoms with E-state index in [1.807, 2.05) is 31.2 Å². The molecule has 5 nitrogen and oxygen atoms in total. The number of thiazole rings is 1. The highest BCUT2D eigenvalue weighted by molar-refractivity contribution is 8.02. The smallest absolute Gasteiger partial charge is 0.312 e. The van der Waals surface area contributed by atoms with Gasteiger partial charge in [0.25, 0.3) is 0 Å². The fourth-order valence-corrected chi connectivity index (χ4v) is 4.99. The number of aromatic nitrogens is 1. The third-order valence-electron chi connectivity index (χ3n) is 4.43. The first-order valence-corrected chi connectivity index (χ1v) is 10.6. The molecule has 1 aliphatic carbocycles. The van der Waals surface area contributed by atoms with Crippen molar-refractivity contribution in [1.29, 1.82) is 0 Å². The Hall–Kier alpha value is -1.93. The monoisotopic (exact) mass is 408 g/mol. The quantitative estimate of drug-likeness (QED) is 0.559. The number of benzene rings is 1. The summed E-state index contributed by atoms with van der Waals surface area (Å²) in [5.74, 6) is -0.897. The molecule has 0 fully saturated rings. The van der Waals surface area contributed by atoms with Crippen LogP contribution in [0.25, 0.3) is 0 Å². The second-order valence-electron chi connectivity index (χ2n) is 6.36. The zero-order chi connectivity index (χ0) is 19.4. The number of primary amides is 1. The van der Waals surface area contributed by atoms with Crippen LogP contribution < -0.4 is 5.73 Å². The lowest BCUT2D eigenvalue weighted by Gasteiger charge is -2.28. The van der Waals surface area contributed by atoms with Crippen LogP contribution in [0.5, 0.6) is 0 Å². The van der Waals surface area contributed by atoms with Crippen LogP contribution >= 0.6 is 23.1 Å². The molecule has 2 N–H and O–H groups in total. The van der Waals surface area contributed by atoms with E-state index in [4.69, 9.17) is 10.5 Å². The van der Waals surface area contributed by atoms with Crippen LogP contribution in [0.3, 0.4) is 0 Å². The lowest BCUT2D eigenvalue weighted by Crippen LogP contribution is -2.27. The number of hydrogen-bond acceptors (Lipinski definition) is 6. The third-order valence-corrected chi connectivity index (χ3v) is 6.83. The first-order valence-electron chi connectivity index (χ1n) is 8.79. The number of hydrogen-bond donors (Lipinski definition) is 1. The Morgan fingerprint density at radius 3 is 2.96 bits per heavy atom. The number of fused-ring (bicyclic) bond motifs is 1. The minimum atomic E-state index is -1.20. The van der Waals surface area contributed by atoms with E-state index in [2.05, 4.69) is 4.98 Å². The molecule has 0 aliphatic heterocycles. The molecule has 1 amide bonds. The fourth-order valence-electron chi connectivity index (χ4n) is 3.04. The number of aryl methyl sites for hydroxylation is 1. The number of nitrogens with two attached hydrogens (primary N) is 1. The minimum Gasteiger partial charge on any atom is -0.454 e. The molecule has 8 heteroatoms. The van der Waals surface area contributed by atoms with Gasteiger partial charge in [-0.2, -0.15) is 0 Å². The maximum atomic E-state index is 14.4. The van der Waals surface area contributed by atoms with Gasteiger partial charge in [-0.3, -0.25) is 9.59 Å². The van der Waals surface area contributed by atoms with Crippen molar-refractivity contribution in [2.45, 2.75) is 54.5 Å². The highest BCUT2D eigenvalue weighted by Crippen LogP contribution is 2.35. The summed E-state index contributed by atoms with van der Waals surface area (Å²) in [5.41, 5.74) is 7.66. The molecule has 3 rings (SSSR count). The molecule has 0 saturated carbocycles. The lowest BCUT2D eigenvalue weighted by molar-refractivity contribution is -0.153. The Morgan fingerprint density at radius 1 is 1.44 bits per heavy atom. The molecule has 27 heavy (non-hydrogen) atoms. The summed E-state index contributed by atoms with van der Waals surface area (Å²) in [5, 5.41) is 1.40. The van der Waals surface area contributed by atoms with Crippen molar-refractivity contribution in [1.82, 2.24) is 4.98 Å². The van der Waals surface area contributed by atoms with Crippen LogP contribution in [0.15, 0.2) is 34.0 Å². The molecule has 1 heterocycles. The van der Waals surface area contributed by atoms with E-state index in [0.29, 0.717) is 29.3 Å². The highest BCUT2D eigenvalue weighted by Gasteiger charge is 2.32. The number of carbonyl (C=O) groups is 2. The zero-order valence-corrected chi connectivity index (χ0v) is 16.5. The van der Waals surface area contributed by atoms with Gasteiger partial charge in [-0.15, -0.1) is 11.3 Å². The van der Waals surface area contributed by atoms with Crippen molar-refractivity contribution in [3.8, 4) is 0 Å². The molecule has 2 aromatic rings. The van der Waals surface area contributed by atoms with Gasteiger partial charge in [0.1, 0.15) is 6.17 Å². The van der Waals surface area contributed by atoms with E-state index in [0.717, 1.165) is 11.1 Å². The largest absolute Gasteiger partial charge is 0.454 e. The van der Waals surface area contributed by atoms with E-state index in [-0.39, 0.29) is 17.6 Å². The van der Waals surface area contributed by atoms with Gasteiger partial charge in [-0.05, 0) is 30.4 Å². The number of amides is 1. The van der Waals surface area contributed by atoms with Crippen LogP contribution in [0, 0.1) is 0 Å². The van der Waals surface area contributed by atoms with Gasteiger partial charge < -0.3 is 10.5 Å². The van der Waals surface area contributed by atoms with Crippen molar-refractivity contribution in [3.63, 3.8) is 0 Å². The van der Waals surface area contributed by atoms with Crippen molar-refractivity contribution in [2.75, 3.05) is 0 Å². The van der Waals surface area contributed by atoms with Gasteiger partial charge in [0.15, 0.2) is 10.4 Å². The number of rotatable bonds is 7. The van der Waals surface area contributed by atoms with Gasteiger partial charge in [-0.25, -0.2) is 9.37 Å². The minimum absolute atomic E-state index is 0.0319. The van der Waals surface area contributed by atoms with E-state index in [1.165, 1.54) is 23.1 Å². The molecule has 0 radical (unpaired) electrons. The number of halogens is 1. The van der Waals surface area contributed by atoms with Crippen molar-refractivity contribution in [2.24, 2.45) is 5.73 Å². The SMILES string of the molecule is CCC(Sc1nc(CC(=O)OC2c3ccccc3CCC2F)cs1)C(N)=O. The van der Waals surface area contributed by atoms with E-state index < -0.39 is 18.2 Å². The average Bonchev–Trinajstić information content (AvgIpc) is 3.08. The lowest BCUT2D eigenvalue weighted by atomic mass is 9.88. The second-order valence-corrected chi connectivity index (χ2v) is 8.67. The van der Waals surface area contributed by atoms with Gasteiger partial charge >= 0.3 is 5.97 Å². The number of thioether (sulfide) groups is 1. The van der Waals surface area contributed by atoms with Gasteiger partial charge in [0, 0.05) is 5.38 Å². The number of nitrogens with zero attached hydrogens (tertiary/aromatic N) is 1. The topological polar surface area (TPSA) is 82.3 Å². The van der Waals surface area contributed by atoms with Crippen LogP contribution in [0.1, 0.15) is 42.7 Å². The standard InChI is InChI=1S/C19H21FN2O3S2/c1-2-15(18(21)24)27-19-22-12(10-26-19)9-16(23)25-17-13-6-4-3-5-11(13)7-8-14(17)20/h3-6,10,14-15,17H,2,7-9H2,1H3,(H2,21,24). The van der Waals surface area contributed by atoms with E-state index >= 15 is 0 Å². The molecular weight excluding hydrogens is 387 g/mol. The third kappa shape index (κ3) is 4.87. The first kappa shape index (κ1) is 19.8. The predicted octanol–water partition coefficient (Wildman–Crippen LogP) is 3.61. The molecule has 0 spiro atoms. The summed E-state index contributed by atoms with van der Waals surface area (Å²) >= 11 is 2.64. The Labute approximate surface area is 165 Å². The van der Waals surface area contributed by atoms with Crippen LogP contribution in [-0.4, -0.2) is 28.3 Å². The number of esters is 1. The Balaban J connectivity index is 1.62. The Kier molecular flexibility index (Phi) is 6.49.